The molecular weight excluding hydrogens is 298 g/mol. The molecule has 0 fully saturated rings. The predicted molar refractivity (Wildman–Crippen MR) is 75.5 cm³/mol. The minimum absolute atomic E-state index is 0.0451. The molecule has 21 heavy (non-hydrogen) atoms. The number of ether oxygens (including phenoxy) is 3. The summed E-state index contributed by atoms with van der Waals surface area (Å²) in [6, 6.07) is 2.99. The monoisotopic (exact) mass is 313 g/mol. The van der Waals surface area contributed by atoms with Crippen LogP contribution in [-0.4, -0.2) is 39.7 Å². The topological polar surface area (TPSA) is 103 Å². The fraction of sp³-hybridized carbons (Fsp3) is 0.250. The number of anilines is 1. The molecule has 0 spiro atoms. The number of H-pyrrole nitrogens is 1. The molecular formula is C12H15N3O5S. The maximum Gasteiger partial charge on any atom is 0.278 e. The molecule has 9 heteroatoms. The van der Waals surface area contributed by atoms with Gasteiger partial charge in [0.1, 0.15) is 0 Å². The van der Waals surface area contributed by atoms with Crippen LogP contribution in [0.2, 0.25) is 0 Å². The van der Waals surface area contributed by atoms with Crippen LogP contribution in [0.25, 0.3) is 0 Å². The Balaban J connectivity index is 2.41. The molecule has 2 rings (SSSR count). The Kier molecular flexibility index (Phi) is 4.22. The maximum atomic E-state index is 12.1. The van der Waals surface area contributed by atoms with Crippen molar-refractivity contribution in [2.45, 2.75) is 5.03 Å². The highest BCUT2D eigenvalue weighted by atomic mass is 32.2. The van der Waals surface area contributed by atoms with Crippen molar-refractivity contribution in [2.24, 2.45) is 0 Å². The fourth-order valence-electron chi connectivity index (χ4n) is 1.74. The Hall–Kier alpha value is -2.42. The lowest BCUT2D eigenvalue weighted by atomic mass is 10.2. The number of methoxy groups -OCH3 is 3. The Morgan fingerprint density at radius 3 is 2.14 bits per heavy atom. The molecule has 2 aromatic rings. The van der Waals surface area contributed by atoms with E-state index in [1.807, 2.05) is 0 Å². The van der Waals surface area contributed by atoms with Crippen LogP contribution in [0.4, 0.5) is 5.69 Å². The lowest BCUT2D eigenvalue weighted by molar-refractivity contribution is 0.324. The molecule has 0 aliphatic heterocycles. The minimum Gasteiger partial charge on any atom is -0.493 e. The highest BCUT2D eigenvalue weighted by molar-refractivity contribution is 7.92. The molecule has 1 aromatic carbocycles. The summed E-state index contributed by atoms with van der Waals surface area (Å²) in [6.45, 7) is 0. The zero-order valence-corrected chi connectivity index (χ0v) is 12.5. The molecule has 0 amide bonds. The number of benzene rings is 1. The highest BCUT2D eigenvalue weighted by Crippen LogP contribution is 2.40. The van der Waals surface area contributed by atoms with E-state index in [2.05, 4.69) is 14.7 Å². The van der Waals surface area contributed by atoms with E-state index in [0.29, 0.717) is 17.2 Å². The number of nitrogens with zero attached hydrogens (tertiary/aromatic N) is 1. The first-order chi connectivity index (χ1) is 10.0. The van der Waals surface area contributed by atoms with Gasteiger partial charge in [-0.15, -0.1) is 0 Å². The Labute approximate surface area is 122 Å². The molecule has 0 aliphatic carbocycles. The molecule has 0 atom stereocenters. The van der Waals surface area contributed by atoms with E-state index in [9.17, 15) is 8.42 Å². The average Bonchev–Trinajstić information content (AvgIpc) is 3.00. The molecule has 0 unspecified atom stereocenters. The molecule has 0 saturated carbocycles. The first-order valence-electron chi connectivity index (χ1n) is 5.83. The summed E-state index contributed by atoms with van der Waals surface area (Å²) in [5.74, 6) is 1.07. The number of hydrogen-bond acceptors (Lipinski definition) is 6. The predicted octanol–water partition coefficient (Wildman–Crippen LogP) is 1.24. The smallest absolute Gasteiger partial charge is 0.278 e. The SMILES string of the molecule is COc1cc(NS(=O)(=O)c2cnc[nH]2)cc(OC)c1OC. The summed E-state index contributed by atoms with van der Waals surface area (Å²) in [7, 11) is 0.605. The van der Waals surface area contributed by atoms with E-state index in [-0.39, 0.29) is 10.7 Å². The van der Waals surface area contributed by atoms with E-state index >= 15 is 0 Å². The molecule has 1 aromatic heterocycles. The summed E-state index contributed by atoms with van der Waals surface area (Å²) in [5.41, 5.74) is 0.277. The summed E-state index contributed by atoms with van der Waals surface area (Å²) >= 11 is 0. The first kappa shape index (κ1) is 15.0. The van der Waals surface area contributed by atoms with E-state index in [4.69, 9.17) is 14.2 Å². The Morgan fingerprint density at radius 2 is 1.71 bits per heavy atom. The van der Waals surface area contributed by atoms with Gasteiger partial charge in [0.25, 0.3) is 10.0 Å². The maximum absolute atomic E-state index is 12.1. The third-order valence-corrected chi connectivity index (χ3v) is 3.99. The molecule has 114 valence electrons. The number of imidazole rings is 1. The van der Waals surface area contributed by atoms with Crippen LogP contribution < -0.4 is 18.9 Å². The highest BCUT2D eigenvalue weighted by Gasteiger charge is 2.19. The molecule has 0 bridgehead atoms. The third kappa shape index (κ3) is 3.02. The van der Waals surface area contributed by atoms with Gasteiger partial charge in [0.2, 0.25) is 5.75 Å². The first-order valence-corrected chi connectivity index (χ1v) is 7.31. The van der Waals surface area contributed by atoms with Crippen molar-refractivity contribution < 1.29 is 22.6 Å². The van der Waals surface area contributed by atoms with Gasteiger partial charge in [-0.2, -0.15) is 8.42 Å². The summed E-state index contributed by atoms with van der Waals surface area (Å²) in [6.07, 6.45) is 2.49. The van der Waals surface area contributed by atoms with Crippen LogP contribution >= 0.6 is 0 Å². The molecule has 0 radical (unpaired) electrons. The van der Waals surface area contributed by atoms with Gasteiger partial charge < -0.3 is 19.2 Å². The minimum atomic E-state index is -3.76. The number of aromatic nitrogens is 2. The molecule has 1 heterocycles. The van der Waals surface area contributed by atoms with Gasteiger partial charge in [-0.1, -0.05) is 0 Å². The number of rotatable bonds is 6. The second-order valence-corrected chi connectivity index (χ2v) is 5.59. The fourth-order valence-corrected chi connectivity index (χ4v) is 2.69. The zero-order valence-electron chi connectivity index (χ0n) is 11.7. The normalized spacial score (nSPS) is 11.0. The summed E-state index contributed by atoms with van der Waals surface area (Å²) < 4.78 is 42.2. The largest absolute Gasteiger partial charge is 0.493 e. The Morgan fingerprint density at radius 1 is 1.10 bits per heavy atom. The molecule has 0 saturated heterocycles. The van der Waals surface area contributed by atoms with Gasteiger partial charge in [-0.3, -0.25) is 4.72 Å². The van der Waals surface area contributed by atoms with Gasteiger partial charge >= 0.3 is 0 Å². The van der Waals surface area contributed by atoms with Crippen molar-refractivity contribution in [2.75, 3.05) is 26.1 Å². The van der Waals surface area contributed by atoms with Crippen molar-refractivity contribution in [3.8, 4) is 17.2 Å². The van der Waals surface area contributed by atoms with E-state index < -0.39 is 10.0 Å². The van der Waals surface area contributed by atoms with E-state index in [1.54, 1.807) is 0 Å². The van der Waals surface area contributed by atoms with Crippen molar-refractivity contribution in [1.29, 1.82) is 0 Å². The van der Waals surface area contributed by atoms with Crippen molar-refractivity contribution in [3.63, 3.8) is 0 Å². The molecule has 8 nitrogen and oxygen atoms in total. The number of hydrogen-bond donors (Lipinski definition) is 2. The third-order valence-electron chi connectivity index (χ3n) is 2.68. The summed E-state index contributed by atoms with van der Waals surface area (Å²) in [4.78, 5) is 6.21. The second kappa shape index (κ2) is 5.92. The number of nitrogens with one attached hydrogen (secondary N) is 2. The van der Waals surface area contributed by atoms with Crippen LogP contribution in [0.15, 0.2) is 29.7 Å². The molecule has 0 aliphatic rings. The number of aromatic amines is 1. The van der Waals surface area contributed by atoms with Gasteiger partial charge in [0.15, 0.2) is 16.5 Å². The van der Waals surface area contributed by atoms with Gasteiger partial charge in [0, 0.05) is 12.1 Å². The van der Waals surface area contributed by atoms with Crippen LogP contribution in [0.5, 0.6) is 17.2 Å². The second-order valence-electron chi connectivity index (χ2n) is 3.94. The summed E-state index contributed by atoms with van der Waals surface area (Å²) in [5, 5.41) is -0.0451. The van der Waals surface area contributed by atoms with E-state index in [1.165, 1.54) is 46.0 Å². The van der Waals surface area contributed by atoms with Crippen LogP contribution in [-0.2, 0) is 10.0 Å². The Bertz CT molecular complexity index is 687. The quantitative estimate of drug-likeness (QED) is 0.831. The average molecular weight is 313 g/mol. The van der Waals surface area contributed by atoms with Crippen LogP contribution in [0, 0.1) is 0 Å². The van der Waals surface area contributed by atoms with Crippen molar-refractivity contribution in [1.82, 2.24) is 9.97 Å². The van der Waals surface area contributed by atoms with Crippen molar-refractivity contribution >= 4 is 15.7 Å². The van der Waals surface area contributed by atoms with Crippen LogP contribution in [0.1, 0.15) is 0 Å². The van der Waals surface area contributed by atoms with Gasteiger partial charge in [-0.25, -0.2) is 4.98 Å². The van der Waals surface area contributed by atoms with Gasteiger partial charge in [0.05, 0.1) is 39.5 Å². The standard InChI is InChI=1S/C12H15N3O5S/c1-18-9-4-8(5-10(19-2)12(9)20-3)15-21(16,17)11-6-13-7-14-11/h4-7,15H,1-3H3,(H,13,14). The lowest BCUT2D eigenvalue weighted by Gasteiger charge is -2.14. The number of sulfonamides is 1. The van der Waals surface area contributed by atoms with Crippen LogP contribution in [0.3, 0.4) is 0 Å². The zero-order chi connectivity index (χ0) is 15.5. The molecule has 2 N–H and O–H groups in total. The lowest BCUT2D eigenvalue weighted by Crippen LogP contribution is -2.13. The van der Waals surface area contributed by atoms with Gasteiger partial charge in [-0.05, 0) is 0 Å². The van der Waals surface area contributed by atoms with Crippen molar-refractivity contribution in [3.05, 3.63) is 24.7 Å². The van der Waals surface area contributed by atoms with E-state index in [0.717, 1.165) is 0 Å².